The molecular weight excluding hydrogens is 352 g/mol. The van der Waals surface area contributed by atoms with Crippen molar-refractivity contribution in [2.75, 3.05) is 20.2 Å². The van der Waals surface area contributed by atoms with Crippen LogP contribution in [0.1, 0.15) is 71.4 Å². The van der Waals surface area contributed by atoms with Gasteiger partial charge in [-0.25, -0.2) is 0 Å². The molecule has 1 N–H and O–H groups in total. The zero-order valence-electron chi connectivity index (χ0n) is 18.1. The molecule has 2 atom stereocenters. The summed E-state index contributed by atoms with van der Waals surface area (Å²) >= 11 is 0. The molecule has 5 nitrogen and oxygen atoms in total. The summed E-state index contributed by atoms with van der Waals surface area (Å²) in [5, 5.41) is 3.26. The summed E-state index contributed by atoms with van der Waals surface area (Å²) in [6.07, 6.45) is 4.76. The first-order valence-corrected chi connectivity index (χ1v) is 10.5. The molecule has 1 aromatic carbocycles. The summed E-state index contributed by atoms with van der Waals surface area (Å²) in [6.45, 7) is 9.23. The summed E-state index contributed by atoms with van der Waals surface area (Å²) in [5.41, 5.74) is 0.687. The van der Waals surface area contributed by atoms with Crippen LogP contribution in [0.4, 0.5) is 0 Å². The largest absolute Gasteiger partial charge is 0.497 e. The van der Waals surface area contributed by atoms with Gasteiger partial charge in [0.15, 0.2) is 0 Å². The van der Waals surface area contributed by atoms with Crippen LogP contribution >= 0.6 is 0 Å². The van der Waals surface area contributed by atoms with Gasteiger partial charge in [0, 0.05) is 18.5 Å². The van der Waals surface area contributed by atoms with E-state index in [9.17, 15) is 9.59 Å². The molecule has 28 heavy (non-hydrogen) atoms. The third-order valence-electron chi connectivity index (χ3n) is 5.40. The Hall–Kier alpha value is -2.04. The molecule has 1 fully saturated rings. The number of amides is 2. The van der Waals surface area contributed by atoms with Gasteiger partial charge >= 0.3 is 0 Å². The molecule has 0 saturated carbocycles. The molecule has 1 aliphatic rings. The minimum atomic E-state index is -0.412. The van der Waals surface area contributed by atoms with Crippen molar-refractivity contribution in [1.82, 2.24) is 10.2 Å². The molecule has 1 aliphatic heterocycles. The standard InChI is InChI=1S/C23H36N2O3/c1-6-7-10-20(17-11-13-19(28-5)14-12-17)24-21(26)18-9-8-15-25(16-18)22(27)23(2,3)4/h11-14,18,20H,6-10,15-16H2,1-5H3,(H,24,26). The van der Waals surface area contributed by atoms with Gasteiger partial charge in [-0.2, -0.15) is 0 Å². The summed E-state index contributed by atoms with van der Waals surface area (Å²) < 4.78 is 5.24. The van der Waals surface area contributed by atoms with E-state index in [-0.39, 0.29) is 23.8 Å². The van der Waals surface area contributed by atoms with Crippen LogP contribution in [0.3, 0.4) is 0 Å². The van der Waals surface area contributed by atoms with Crippen molar-refractivity contribution in [3.63, 3.8) is 0 Å². The molecule has 5 heteroatoms. The molecule has 1 heterocycles. The fourth-order valence-corrected chi connectivity index (χ4v) is 3.71. The molecule has 0 aliphatic carbocycles. The first-order valence-electron chi connectivity index (χ1n) is 10.5. The lowest BCUT2D eigenvalue weighted by molar-refractivity contribution is -0.142. The summed E-state index contributed by atoms with van der Waals surface area (Å²) in [7, 11) is 1.65. The zero-order chi connectivity index (χ0) is 20.7. The van der Waals surface area contributed by atoms with Crippen LogP contribution in [-0.2, 0) is 9.59 Å². The third-order valence-corrected chi connectivity index (χ3v) is 5.40. The second-order valence-electron chi connectivity index (χ2n) is 8.82. The van der Waals surface area contributed by atoms with Crippen molar-refractivity contribution >= 4 is 11.8 Å². The number of methoxy groups -OCH3 is 1. The number of piperidine rings is 1. The molecular formula is C23H36N2O3. The second-order valence-corrected chi connectivity index (χ2v) is 8.82. The first-order chi connectivity index (χ1) is 13.3. The van der Waals surface area contributed by atoms with E-state index in [0.717, 1.165) is 50.0 Å². The van der Waals surface area contributed by atoms with Crippen LogP contribution in [0.15, 0.2) is 24.3 Å². The minimum absolute atomic E-state index is 0.00736. The number of rotatable bonds is 7. The Morgan fingerprint density at radius 2 is 1.93 bits per heavy atom. The lowest BCUT2D eigenvalue weighted by Crippen LogP contribution is -2.49. The Morgan fingerprint density at radius 3 is 2.50 bits per heavy atom. The van der Waals surface area contributed by atoms with E-state index in [0.29, 0.717) is 6.54 Å². The number of benzene rings is 1. The number of unbranched alkanes of at least 4 members (excludes halogenated alkanes) is 1. The maximum absolute atomic E-state index is 13.0. The Morgan fingerprint density at radius 1 is 1.25 bits per heavy atom. The molecule has 0 bridgehead atoms. The van der Waals surface area contributed by atoms with Gasteiger partial charge in [-0.1, -0.05) is 52.7 Å². The molecule has 1 aromatic rings. The van der Waals surface area contributed by atoms with Crippen LogP contribution in [0, 0.1) is 11.3 Å². The van der Waals surface area contributed by atoms with Crippen LogP contribution in [0.2, 0.25) is 0 Å². The maximum Gasteiger partial charge on any atom is 0.227 e. The molecule has 0 aromatic heterocycles. The molecule has 2 amide bonds. The van der Waals surface area contributed by atoms with Gasteiger partial charge in [0.1, 0.15) is 5.75 Å². The lowest BCUT2D eigenvalue weighted by atomic mass is 9.90. The van der Waals surface area contributed by atoms with Crippen molar-refractivity contribution in [1.29, 1.82) is 0 Å². The van der Waals surface area contributed by atoms with Crippen molar-refractivity contribution < 1.29 is 14.3 Å². The highest BCUT2D eigenvalue weighted by Crippen LogP contribution is 2.26. The van der Waals surface area contributed by atoms with Gasteiger partial charge in [0.2, 0.25) is 11.8 Å². The summed E-state index contributed by atoms with van der Waals surface area (Å²) in [4.78, 5) is 27.5. The van der Waals surface area contributed by atoms with Crippen molar-refractivity contribution in [3.05, 3.63) is 29.8 Å². The molecule has 156 valence electrons. The van der Waals surface area contributed by atoms with Crippen LogP contribution < -0.4 is 10.1 Å². The topological polar surface area (TPSA) is 58.6 Å². The van der Waals surface area contributed by atoms with Gasteiger partial charge < -0.3 is 15.0 Å². The zero-order valence-corrected chi connectivity index (χ0v) is 18.1. The average molecular weight is 389 g/mol. The van der Waals surface area contributed by atoms with E-state index in [4.69, 9.17) is 4.74 Å². The number of carbonyl (C=O) groups is 2. The number of ether oxygens (including phenoxy) is 1. The van der Waals surface area contributed by atoms with Crippen LogP contribution in [-0.4, -0.2) is 36.9 Å². The average Bonchev–Trinajstić information content (AvgIpc) is 2.69. The normalized spacial score (nSPS) is 18.5. The highest BCUT2D eigenvalue weighted by atomic mass is 16.5. The van der Waals surface area contributed by atoms with Gasteiger partial charge in [-0.05, 0) is 37.0 Å². The Balaban J connectivity index is 2.06. The third kappa shape index (κ3) is 5.98. The number of likely N-dealkylation sites (tertiary alicyclic amines) is 1. The lowest BCUT2D eigenvalue weighted by Gasteiger charge is -2.36. The molecule has 1 saturated heterocycles. The van der Waals surface area contributed by atoms with E-state index < -0.39 is 5.41 Å². The number of carbonyl (C=O) groups excluding carboxylic acids is 2. The monoisotopic (exact) mass is 388 g/mol. The predicted molar refractivity (Wildman–Crippen MR) is 112 cm³/mol. The van der Waals surface area contributed by atoms with Gasteiger partial charge in [0.05, 0.1) is 19.1 Å². The van der Waals surface area contributed by atoms with Crippen LogP contribution in [0.25, 0.3) is 0 Å². The van der Waals surface area contributed by atoms with E-state index in [1.54, 1.807) is 7.11 Å². The molecule has 2 unspecified atom stereocenters. The van der Waals surface area contributed by atoms with Gasteiger partial charge in [0.25, 0.3) is 0 Å². The highest BCUT2D eigenvalue weighted by molar-refractivity contribution is 5.84. The molecule has 2 rings (SSSR count). The smallest absolute Gasteiger partial charge is 0.227 e. The van der Waals surface area contributed by atoms with Crippen molar-refractivity contribution in [2.24, 2.45) is 11.3 Å². The number of hydrogen-bond acceptors (Lipinski definition) is 3. The SMILES string of the molecule is CCCCC(NC(=O)C1CCCN(C(=O)C(C)(C)C)C1)c1ccc(OC)cc1. The summed E-state index contributed by atoms with van der Waals surface area (Å²) in [5.74, 6) is 0.862. The fourth-order valence-electron chi connectivity index (χ4n) is 3.71. The number of hydrogen-bond donors (Lipinski definition) is 1. The van der Waals surface area contributed by atoms with Gasteiger partial charge in [-0.15, -0.1) is 0 Å². The quantitative estimate of drug-likeness (QED) is 0.756. The van der Waals surface area contributed by atoms with E-state index in [1.807, 2.05) is 49.9 Å². The Labute approximate surface area is 169 Å². The maximum atomic E-state index is 13.0. The highest BCUT2D eigenvalue weighted by Gasteiger charge is 2.34. The van der Waals surface area contributed by atoms with E-state index in [1.165, 1.54) is 0 Å². The van der Waals surface area contributed by atoms with Crippen LogP contribution in [0.5, 0.6) is 5.75 Å². The second kappa shape index (κ2) is 9.94. The predicted octanol–water partition coefficient (Wildman–Crippen LogP) is 4.33. The van der Waals surface area contributed by atoms with E-state index >= 15 is 0 Å². The summed E-state index contributed by atoms with van der Waals surface area (Å²) in [6, 6.07) is 7.91. The van der Waals surface area contributed by atoms with Crippen molar-refractivity contribution in [2.45, 2.75) is 65.8 Å². The first kappa shape index (κ1) is 22.3. The molecule has 0 spiro atoms. The molecule has 0 radical (unpaired) electrons. The van der Waals surface area contributed by atoms with Gasteiger partial charge in [-0.3, -0.25) is 9.59 Å². The Kier molecular flexibility index (Phi) is 7.90. The number of nitrogens with zero attached hydrogens (tertiary/aromatic N) is 1. The minimum Gasteiger partial charge on any atom is -0.497 e. The number of nitrogens with one attached hydrogen (secondary N) is 1. The van der Waals surface area contributed by atoms with Crippen molar-refractivity contribution in [3.8, 4) is 5.75 Å². The Bertz CT molecular complexity index is 649. The fraction of sp³-hybridized carbons (Fsp3) is 0.652. The van der Waals surface area contributed by atoms with E-state index in [2.05, 4.69) is 12.2 Å².